The summed E-state index contributed by atoms with van der Waals surface area (Å²) in [6, 6.07) is 4.06. The molecular formula is C14H18FNO3. The Balaban J connectivity index is 2.88. The van der Waals surface area contributed by atoms with Crippen molar-refractivity contribution < 1.29 is 19.1 Å². The molecule has 1 aromatic carbocycles. The van der Waals surface area contributed by atoms with Gasteiger partial charge in [-0.05, 0) is 44.0 Å². The van der Waals surface area contributed by atoms with E-state index in [-0.39, 0.29) is 12.2 Å². The third kappa shape index (κ3) is 4.05. The Kier molecular flexibility index (Phi) is 4.64. The third-order valence-electron chi connectivity index (χ3n) is 3.16. The zero-order valence-electron chi connectivity index (χ0n) is 11.3. The largest absolute Gasteiger partial charge is 0.481 e. The summed E-state index contributed by atoms with van der Waals surface area (Å²) < 4.78 is 13.1. The van der Waals surface area contributed by atoms with E-state index in [9.17, 15) is 14.0 Å². The van der Waals surface area contributed by atoms with Crippen molar-refractivity contribution in [2.75, 3.05) is 0 Å². The standard InChI is InChI=1S/C14H18FNO3/c1-4-14(3,8-12(17)18)16-13(19)10-5-6-11(15)9(2)7-10/h5-7H,4,8H2,1-3H3,(H,16,19)(H,17,18). The average molecular weight is 267 g/mol. The Morgan fingerprint density at radius 3 is 2.53 bits per heavy atom. The Bertz CT molecular complexity index is 501. The second-order valence-corrected chi connectivity index (χ2v) is 4.90. The first kappa shape index (κ1) is 15.1. The number of carbonyl (C=O) groups excluding carboxylic acids is 1. The number of benzene rings is 1. The number of amides is 1. The fourth-order valence-electron chi connectivity index (χ4n) is 1.72. The number of halogens is 1. The van der Waals surface area contributed by atoms with E-state index in [0.29, 0.717) is 17.5 Å². The van der Waals surface area contributed by atoms with Crippen LogP contribution in [0.5, 0.6) is 0 Å². The Morgan fingerprint density at radius 1 is 1.42 bits per heavy atom. The first-order chi connectivity index (χ1) is 8.77. The van der Waals surface area contributed by atoms with Crippen LogP contribution < -0.4 is 5.32 Å². The first-order valence-electron chi connectivity index (χ1n) is 6.08. The maximum absolute atomic E-state index is 13.1. The van der Waals surface area contributed by atoms with Gasteiger partial charge in [0.1, 0.15) is 5.82 Å². The van der Waals surface area contributed by atoms with E-state index in [0.717, 1.165) is 0 Å². The minimum Gasteiger partial charge on any atom is -0.481 e. The fourth-order valence-corrected chi connectivity index (χ4v) is 1.72. The van der Waals surface area contributed by atoms with Crippen LogP contribution in [0.25, 0.3) is 0 Å². The smallest absolute Gasteiger partial charge is 0.305 e. The van der Waals surface area contributed by atoms with Crippen LogP contribution >= 0.6 is 0 Å². The summed E-state index contributed by atoms with van der Waals surface area (Å²) in [7, 11) is 0. The molecule has 104 valence electrons. The summed E-state index contributed by atoms with van der Waals surface area (Å²) >= 11 is 0. The normalized spacial score (nSPS) is 13.7. The molecular weight excluding hydrogens is 249 g/mol. The molecule has 0 fully saturated rings. The van der Waals surface area contributed by atoms with E-state index in [1.54, 1.807) is 20.8 Å². The average Bonchev–Trinajstić information content (AvgIpc) is 2.31. The van der Waals surface area contributed by atoms with E-state index < -0.39 is 17.4 Å². The summed E-state index contributed by atoms with van der Waals surface area (Å²) in [4.78, 5) is 22.8. The second kappa shape index (κ2) is 5.82. The van der Waals surface area contributed by atoms with Crippen molar-refractivity contribution in [2.45, 2.75) is 39.2 Å². The summed E-state index contributed by atoms with van der Waals surface area (Å²) in [6.45, 7) is 5.05. The zero-order valence-corrected chi connectivity index (χ0v) is 11.3. The minimum absolute atomic E-state index is 0.157. The van der Waals surface area contributed by atoms with Gasteiger partial charge in [-0.25, -0.2) is 4.39 Å². The summed E-state index contributed by atoms with van der Waals surface area (Å²) in [5.41, 5.74) is -0.112. The monoisotopic (exact) mass is 267 g/mol. The van der Waals surface area contributed by atoms with Crippen LogP contribution in [0.15, 0.2) is 18.2 Å². The topological polar surface area (TPSA) is 66.4 Å². The van der Waals surface area contributed by atoms with Crippen molar-refractivity contribution in [1.82, 2.24) is 5.32 Å². The van der Waals surface area contributed by atoms with Crippen molar-refractivity contribution >= 4 is 11.9 Å². The van der Waals surface area contributed by atoms with E-state index in [2.05, 4.69) is 5.32 Å². The summed E-state index contributed by atoms with van der Waals surface area (Å²) in [6.07, 6.45) is 0.334. The number of aryl methyl sites for hydroxylation is 1. The van der Waals surface area contributed by atoms with Gasteiger partial charge in [-0.1, -0.05) is 6.92 Å². The van der Waals surface area contributed by atoms with Crippen molar-refractivity contribution in [1.29, 1.82) is 0 Å². The van der Waals surface area contributed by atoms with Crippen molar-refractivity contribution in [3.05, 3.63) is 35.1 Å². The first-order valence-corrected chi connectivity index (χ1v) is 6.08. The number of rotatable bonds is 5. The summed E-state index contributed by atoms with van der Waals surface area (Å²) in [5.74, 6) is -1.74. The fraction of sp³-hybridized carbons (Fsp3) is 0.429. The van der Waals surface area contributed by atoms with Gasteiger partial charge >= 0.3 is 5.97 Å². The molecule has 0 saturated carbocycles. The number of hydrogen-bond acceptors (Lipinski definition) is 2. The van der Waals surface area contributed by atoms with Gasteiger partial charge in [-0.2, -0.15) is 0 Å². The van der Waals surface area contributed by atoms with E-state index in [4.69, 9.17) is 5.11 Å². The number of nitrogens with one attached hydrogen (secondary N) is 1. The number of carbonyl (C=O) groups is 2. The lowest BCUT2D eigenvalue weighted by atomic mass is 9.94. The van der Waals surface area contributed by atoms with Gasteiger partial charge in [0.05, 0.1) is 6.42 Å². The third-order valence-corrected chi connectivity index (χ3v) is 3.16. The molecule has 1 aromatic rings. The van der Waals surface area contributed by atoms with Gasteiger partial charge in [0.2, 0.25) is 0 Å². The van der Waals surface area contributed by atoms with Crippen molar-refractivity contribution in [3.63, 3.8) is 0 Å². The van der Waals surface area contributed by atoms with Crippen LogP contribution in [-0.4, -0.2) is 22.5 Å². The number of carboxylic acids is 1. The highest BCUT2D eigenvalue weighted by atomic mass is 19.1. The molecule has 0 aliphatic carbocycles. The van der Waals surface area contributed by atoms with Crippen LogP contribution in [0.1, 0.15) is 42.6 Å². The molecule has 19 heavy (non-hydrogen) atoms. The number of hydrogen-bond donors (Lipinski definition) is 2. The highest BCUT2D eigenvalue weighted by Gasteiger charge is 2.27. The minimum atomic E-state index is -0.972. The molecule has 1 unspecified atom stereocenters. The molecule has 0 aliphatic heterocycles. The predicted molar refractivity (Wildman–Crippen MR) is 69.6 cm³/mol. The lowest BCUT2D eigenvalue weighted by molar-refractivity contribution is -0.138. The van der Waals surface area contributed by atoms with Crippen LogP contribution in [-0.2, 0) is 4.79 Å². The van der Waals surface area contributed by atoms with Crippen molar-refractivity contribution in [3.8, 4) is 0 Å². The Morgan fingerprint density at radius 2 is 2.05 bits per heavy atom. The molecule has 0 bridgehead atoms. The SMILES string of the molecule is CCC(C)(CC(=O)O)NC(=O)c1ccc(F)c(C)c1. The van der Waals surface area contributed by atoms with Crippen LogP contribution in [0.3, 0.4) is 0 Å². The lowest BCUT2D eigenvalue weighted by Crippen LogP contribution is -2.47. The zero-order chi connectivity index (χ0) is 14.6. The molecule has 1 rings (SSSR count). The van der Waals surface area contributed by atoms with Gasteiger partial charge < -0.3 is 10.4 Å². The number of carboxylic acid groups (broad SMARTS) is 1. The van der Waals surface area contributed by atoms with E-state index in [1.165, 1.54) is 18.2 Å². The van der Waals surface area contributed by atoms with Crippen LogP contribution in [0.4, 0.5) is 4.39 Å². The van der Waals surface area contributed by atoms with Crippen molar-refractivity contribution in [2.24, 2.45) is 0 Å². The Labute approximate surface area is 111 Å². The maximum atomic E-state index is 13.1. The van der Waals surface area contributed by atoms with E-state index in [1.807, 2.05) is 0 Å². The molecule has 1 amide bonds. The number of aliphatic carboxylic acids is 1. The predicted octanol–water partition coefficient (Wildman–Crippen LogP) is 2.51. The molecule has 0 saturated heterocycles. The summed E-state index contributed by atoms with van der Waals surface area (Å²) in [5, 5.41) is 11.5. The lowest BCUT2D eigenvalue weighted by Gasteiger charge is -2.28. The van der Waals surface area contributed by atoms with Gasteiger partial charge in [0, 0.05) is 11.1 Å². The molecule has 4 nitrogen and oxygen atoms in total. The quantitative estimate of drug-likeness (QED) is 0.861. The van der Waals surface area contributed by atoms with Gasteiger partial charge in [0.15, 0.2) is 0 Å². The van der Waals surface area contributed by atoms with Gasteiger partial charge in [0.25, 0.3) is 5.91 Å². The molecule has 0 radical (unpaired) electrons. The molecule has 1 atom stereocenters. The molecule has 2 N–H and O–H groups in total. The molecule has 0 heterocycles. The highest BCUT2D eigenvalue weighted by molar-refractivity contribution is 5.95. The molecule has 0 spiro atoms. The molecule has 0 aromatic heterocycles. The van der Waals surface area contributed by atoms with Gasteiger partial charge in [-0.15, -0.1) is 0 Å². The maximum Gasteiger partial charge on any atom is 0.305 e. The van der Waals surface area contributed by atoms with Crippen LogP contribution in [0.2, 0.25) is 0 Å². The van der Waals surface area contributed by atoms with Gasteiger partial charge in [-0.3, -0.25) is 9.59 Å². The van der Waals surface area contributed by atoms with Crippen LogP contribution in [0, 0.1) is 12.7 Å². The molecule has 0 aliphatic rings. The highest BCUT2D eigenvalue weighted by Crippen LogP contribution is 2.16. The Hall–Kier alpha value is -1.91. The van der Waals surface area contributed by atoms with E-state index >= 15 is 0 Å². The molecule has 5 heteroatoms. The second-order valence-electron chi connectivity index (χ2n) is 4.90.